The van der Waals surface area contributed by atoms with Crippen molar-refractivity contribution in [2.75, 3.05) is 21.0 Å². The highest BCUT2D eigenvalue weighted by atomic mass is 16.7. The Labute approximate surface area is 122 Å². The van der Waals surface area contributed by atoms with Gasteiger partial charge in [0, 0.05) is 11.1 Å². The van der Waals surface area contributed by atoms with Crippen molar-refractivity contribution in [3.63, 3.8) is 0 Å². The SMILES string of the molecule is COc1ccc(C(=O)c2ccc3c(c2)OCO3)cc1OC. The van der Waals surface area contributed by atoms with Gasteiger partial charge in [0.05, 0.1) is 14.2 Å². The van der Waals surface area contributed by atoms with Crippen molar-refractivity contribution >= 4 is 5.78 Å². The summed E-state index contributed by atoms with van der Waals surface area (Å²) >= 11 is 0. The Kier molecular flexibility index (Phi) is 3.39. The summed E-state index contributed by atoms with van der Waals surface area (Å²) in [5.74, 6) is 2.22. The van der Waals surface area contributed by atoms with Crippen LogP contribution >= 0.6 is 0 Å². The van der Waals surface area contributed by atoms with Gasteiger partial charge in [-0.05, 0) is 36.4 Å². The van der Waals surface area contributed by atoms with Gasteiger partial charge in [0.15, 0.2) is 28.8 Å². The maximum absolute atomic E-state index is 12.5. The van der Waals surface area contributed by atoms with E-state index in [0.29, 0.717) is 34.1 Å². The third-order valence-corrected chi connectivity index (χ3v) is 3.28. The summed E-state index contributed by atoms with van der Waals surface area (Å²) in [5, 5.41) is 0. The lowest BCUT2D eigenvalue weighted by atomic mass is 10.0. The van der Waals surface area contributed by atoms with Crippen molar-refractivity contribution in [1.29, 1.82) is 0 Å². The van der Waals surface area contributed by atoms with E-state index in [4.69, 9.17) is 18.9 Å². The van der Waals surface area contributed by atoms with Gasteiger partial charge in [0.25, 0.3) is 0 Å². The Hall–Kier alpha value is -2.69. The molecule has 0 bridgehead atoms. The molecular weight excluding hydrogens is 272 g/mol. The Balaban J connectivity index is 1.95. The molecule has 0 saturated carbocycles. The first-order valence-electron chi connectivity index (χ1n) is 6.39. The second kappa shape index (κ2) is 5.36. The minimum atomic E-state index is -0.116. The number of carbonyl (C=O) groups excluding carboxylic acids is 1. The van der Waals surface area contributed by atoms with Crippen LogP contribution in [0.5, 0.6) is 23.0 Å². The van der Waals surface area contributed by atoms with E-state index in [2.05, 4.69) is 0 Å². The number of fused-ring (bicyclic) bond motifs is 1. The van der Waals surface area contributed by atoms with Crippen molar-refractivity contribution in [3.05, 3.63) is 47.5 Å². The lowest BCUT2D eigenvalue weighted by Crippen LogP contribution is -2.02. The van der Waals surface area contributed by atoms with E-state index in [1.165, 1.54) is 7.11 Å². The van der Waals surface area contributed by atoms with Crippen molar-refractivity contribution in [1.82, 2.24) is 0 Å². The predicted octanol–water partition coefficient (Wildman–Crippen LogP) is 2.66. The first-order chi connectivity index (χ1) is 10.2. The predicted molar refractivity (Wildman–Crippen MR) is 75.5 cm³/mol. The minimum Gasteiger partial charge on any atom is -0.493 e. The van der Waals surface area contributed by atoms with Gasteiger partial charge in [-0.25, -0.2) is 0 Å². The van der Waals surface area contributed by atoms with Crippen LogP contribution in [0.4, 0.5) is 0 Å². The number of benzene rings is 2. The van der Waals surface area contributed by atoms with Crippen molar-refractivity contribution in [2.24, 2.45) is 0 Å². The molecule has 5 nitrogen and oxygen atoms in total. The normalized spacial score (nSPS) is 12.1. The van der Waals surface area contributed by atoms with Crippen LogP contribution in [0.2, 0.25) is 0 Å². The number of hydrogen-bond acceptors (Lipinski definition) is 5. The number of methoxy groups -OCH3 is 2. The monoisotopic (exact) mass is 286 g/mol. The molecule has 108 valence electrons. The lowest BCUT2D eigenvalue weighted by Gasteiger charge is -2.09. The second-order valence-electron chi connectivity index (χ2n) is 4.47. The van der Waals surface area contributed by atoms with Crippen LogP contribution in [0, 0.1) is 0 Å². The average molecular weight is 286 g/mol. The smallest absolute Gasteiger partial charge is 0.231 e. The van der Waals surface area contributed by atoms with Gasteiger partial charge in [0.2, 0.25) is 6.79 Å². The molecule has 0 aromatic heterocycles. The molecule has 5 heteroatoms. The maximum Gasteiger partial charge on any atom is 0.231 e. The maximum atomic E-state index is 12.5. The molecule has 0 unspecified atom stereocenters. The topological polar surface area (TPSA) is 54.0 Å². The Morgan fingerprint density at radius 1 is 0.905 bits per heavy atom. The Morgan fingerprint density at radius 3 is 2.33 bits per heavy atom. The van der Waals surface area contributed by atoms with E-state index in [0.717, 1.165) is 0 Å². The molecule has 0 radical (unpaired) electrons. The zero-order chi connectivity index (χ0) is 14.8. The van der Waals surface area contributed by atoms with Crippen LogP contribution in [-0.2, 0) is 0 Å². The van der Waals surface area contributed by atoms with Gasteiger partial charge >= 0.3 is 0 Å². The fraction of sp³-hybridized carbons (Fsp3) is 0.188. The van der Waals surface area contributed by atoms with Crippen LogP contribution in [0.25, 0.3) is 0 Å². The van der Waals surface area contributed by atoms with Crippen LogP contribution in [0.1, 0.15) is 15.9 Å². The van der Waals surface area contributed by atoms with Gasteiger partial charge in [-0.3, -0.25) is 4.79 Å². The molecule has 2 aromatic rings. The molecule has 0 atom stereocenters. The number of ether oxygens (including phenoxy) is 4. The highest BCUT2D eigenvalue weighted by Crippen LogP contribution is 2.34. The Bertz CT molecular complexity index is 693. The second-order valence-corrected chi connectivity index (χ2v) is 4.47. The summed E-state index contributed by atoms with van der Waals surface area (Å²) < 4.78 is 20.9. The van der Waals surface area contributed by atoms with E-state index in [1.54, 1.807) is 43.5 Å². The largest absolute Gasteiger partial charge is 0.493 e. The molecule has 0 fully saturated rings. The lowest BCUT2D eigenvalue weighted by molar-refractivity contribution is 0.103. The van der Waals surface area contributed by atoms with Crippen molar-refractivity contribution in [2.45, 2.75) is 0 Å². The minimum absolute atomic E-state index is 0.116. The first kappa shape index (κ1) is 13.3. The summed E-state index contributed by atoms with van der Waals surface area (Å²) in [6.07, 6.45) is 0. The quantitative estimate of drug-likeness (QED) is 0.809. The van der Waals surface area contributed by atoms with Crippen LogP contribution in [0.15, 0.2) is 36.4 Å². The number of rotatable bonds is 4. The molecule has 0 N–H and O–H groups in total. The molecule has 1 heterocycles. The Morgan fingerprint density at radius 2 is 1.57 bits per heavy atom. The standard InChI is InChI=1S/C16H14O5/c1-18-12-5-3-10(7-14(12)19-2)16(17)11-4-6-13-15(8-11)21-9-20-13/h3-8H,9H2,1-2H3. The fourth-order valence-corrected chi connectivity index (χ4v) is 2.18. The zero-order valence-electron chi connectivity index (χ0n) is 11.7. The molecule has 0 saturated heterocycles. The van der Waals surface area contributed by atoms with E-state index < -0.39 is 0 Å². The van der Waals surface area contributed by atoms with E-state index in [-0.39, 0.29) is 12.6 Å². The molecule has 1 aliphatic heterocycles. The summed E-state index contributed by atoms with van der Waals surface area (Å²) in [6.45, 7) is 0.184. The number of carbonyl (C=O) groups is 1. The molecule has 1 aliphatic rings. The van der Waals surface area contributed by atoms with E-state index in [9.17, 15) is 4.79 Å². The fourth-order valence-electron chi connectivity index (χ4n) is 2.18. The molecule has 0 aliphatic carbocycles. The molecule has 2 aromatic carbocycles. The van der Waals surface area contributed by atoms with Crippen molar-refractivity contribution in [3.8, 4) is 23.0 Å². The highest BCUT2D eigenvalue weighted by Gasteiger charge is 2.18. The molecule has 3 rings (SSSR count). The molecule has 21 heavy (non-hydrogen) atoms. The first-order valence-corrected chi connectivity index (χ1v) is 6.39. The number of hydrogen-bond donors (Lipinski definition) is 0. The molecule has 0 spiro atoms. The van der Waals surface area contributed by atoms with Crippen LogP contribution in [0.3, 0.4) is 0 Å². The van der Waals surface area contributed by atoms with Crippen LogP contribution in [-0.4, -0.2) is 26.8 Å². The van der Waals surface area contributed by atoms with Gasteiger partial charge in [-0.15, -0.1) is 0 Å². The summed E-state index contributed by atoms with van der Waals surface area (Å²) in [4.78, 5) is 12.5. The molecular formula is C16H14O5. The summed E-state index contributed by atoms with van der Waals surface area (Å²) in [6, 6.07) is 10.2. The number of ketones is 1. The third-order valence-electron chi connectivity index (χ3n) is 3.28. The van der Waals surface area contributed by atoms with Gasteiger partial charge in [0.1, 0.15) is 0 Å². The van der Waals surface area contributed by atoms with Gasteiger partial charge in [-0.2, -0.15) is 0 Å². The zero-order valence-corrected chi connectivity index (χ0v) is 11.7. The average Bonchev–Trinajstić information content (AvgIpc) is 3.00. The highest BCUT2D eigenvalue weighted by molar-refractivity contribution is 6.09. The summed E-state index contributed by atoms with van der Waals surface area (Å²) in [7, 11) is 3.09. The van der Waals surface area contributed by atoms with Crippen LogP contribution < -0.4 is 18.9 Å². The van der Waals surface area contributed by atoms with E-state index >= 15 is 0 Å². The van der Waals surface area contributed by atoms with Crippen molar-refractivity contribution < 1.29 is 23.7 Å². The van der Waals surface area contributed by atoms with Gasteiger partial charge < -0.3 is 18.9 Å². The third kappa shape index (κ3) is 2.38. The summed E-state index contributed by atoms with van der Waals surface area (Å²) in [5.41, 5.74) is 1.05. The molecule has 0 amide bonds. The van der Waals surface area contributed by atoms with E-state index in [1.807, 2.05) is 0 Å². The van der Waals surface area contributed by atoms with Gasteiger partial charge in [-0.1, -0.05) is 0 Å².